The molecular formula is C19H38N2O. The van der Waals surface area contributed by atoms with Gasteiger partial charge in [-0.2, -0.15) is 0 Å². The number of nitrogens with one attached hydrogen (secondary N) is 1. The largest absolute Gasteiger partial charge is 0.342 e. The van der Waals surface area contributed by atoms with Gasteiger partial charge in [-0.15, -0.1) is 0 Å². The molecule has 3 heteroatoms. The summed E-state index contributed by atoms with van der Waals surface area (Å²) >= 11 is 0. The fourth-order valence-electron chi connectivity index (χ4n) is 3.27. The third-order valence-electron chi connectivity index (χ3n) is 4.72. The Labute approximate surface area is 138 Å². The number of carbonyl (C=O) groups is 1. The quantitative estimate of drug-likeness (QED) is 0.483. The Morgan fingerprint density at radius 3 is 2.32 bits per heavy atom. The van der Waals surface area contributed by atoms with E-state index < -0.39 is 0 Å². The van der Waals surface area contributed by atoms with E-state index in [1.807, 2.05) is 0 Å². The van der Waals surface area contributed by atoms with Crippen molar-refractivity contribution in [2.45, 2.75) is 84.5 Å². The molecule has 0 saturated carbocycles. The van der Waals surface area contributed by atoms with Crippen molar-refractivity contribution in [3.8, 4) is 0 Å². The Morgan fingerprint density at radius 2 is 1.59 bits per heavy atom. The van der Waals surface area contributed by atoms with Gasteiger partial charge in [-0.05, 0) is 25.3 Å². The average Bonchev–Trinajstić information content (AvgIpc) is 2.86. The first-order valence-electron chi connectivity index (χ1n) is 9.76. The van der Waals surface area contributed by atoms with Crippen LogP contribution in [0.5, 0.6) is 0 Å². The molecule has 3 nitrogen and oxygen atoms in total. The highest BCUT2D eigenvalue weighted by molar-refractivity contribution is 5.78. The van der Waals surface area contributed by atoms with Crippen molar-refractivity contribution in [2.24, 2.45) is 5.92 Å². The maximum atomic E-state index is 12.0. The molecule has 1 aliphatic heterocycles. The Hall–Kier alpha value is -0.570. The Bertz CT molecular complexity index is 281. The fourth-order valence-corrected chi connectivity index (χ4v) is 3.27. The van der Waals surface area contributed by atoms with E-state index in [0.29, 0.717) is 11.8 Å². The van der Waals surface area contributed by atoms with Crippen LogP contribution in [0.4, 0.5) is 0 Å². The molecule has 1 rings (SSSR count). The van der Waals surface area contributed by atoms with Crippen molar-refractivity contribution in [3.63, 3.8) is 0 Å². The van der Waals surface area contributed by atoms with E-state index in [0.717, 1.165) is 32.6 Å². The first-order chi connectivity index (χ1) is 10.8. The molecule has 0 spiro atoms. The molecule has 1 fully saturated rings. The van der Waals surface area contributed by atoms with Gasteiger partial charge in [0.05, 0.1) is 0 Å². The summed E-state index contributed by atoms with van der Waals surface area (Å²) in [7, 11) is 0. The summed E-state index contributed by atoms with van der Waals surface area (Å²) < 4.78 is 0. The van der Waals surface area contributed by atoms with Gasteiger partial charge in [-0.3, -0.25) is 4.79 Å². The van der Waals surface area contributed by atoms with Crippen molar-refractivity contribution in [2.75, 3.05) is 26.2 Å². The van der Waals surface area contributed by atoms with E-state index in [2.05, 4.69) is 24.1 Å². The lowest BCUT2D eigenvalue weighted by molar-refractivity contribution is -0.127. The summed E-state index contributed by atoms with van der Waals surface area (Å²) in [5.74, 6) is 0.921. The first-order valence-corrected chi connectivity index (χ1v) is 9.76. The third-order valence-corrected chi connectivity index (χ3v) is 4.72. The summed E-state index contributed by atoms with van der Waals surface area (Å²) in [6.45, 7) is 8.58. The lowest BCUT2D eigenvalue weighted by Gasteiger charge is -2.16. The van der Waals surface area contributed by atoms with Crippen LogP contribution in [0.25, 0.3) is 0 Å². The highest BCUT2D eigenvalue weighted by atomic mass is 16.2. The number of unbranched alkanes of at least 4 members (excludes halogenated alkanes) is 8. The number of nitrogens with zero attached hydrogens (tertiary/aromatic N) is 1. The van der Waals surface area contributed by atoms with Gasteiger partial charge in [0.15, 0.2) is 0 Å². The van der Waals surface area contributed by atoms with Crippen molar-refractivity contribution < 1.29 is 4.79 Å². The van der Waals surface area contributed by atoms with E-state index in [1.54, 1.807) is 0 Å². The van der Waals surface area contributed by atoms with Crippen LogP contribution in [0.2, 0.25) is 0 Å². The Kier molecular flexibility index (Phi) is 11.4. The number of hydrogen-bond donors (Lipinski definition) is 1. The molecule has 130 valence electrons. The van der Waals surface area contributed by atoms with Crippen LogP contribution in [0.3, 0.4) is 0 Å². The molecular weight excluding hydrogens is 272 g/mol. The van der Waals surface area contributed by atoms with E-state index in [4.69, 9.17) is 0 Å². The van der Waals surface area contributed by atoms with Crippen LogP contribution >= 0.6 is 0 Å². The molecule has 0 aromatic heterocycles. The molecule has 0 radical (unpaired) electrons. The summed E-state index contributed by atoms with van der Waals surface area (Å²) in [5, 5.41) is 3.52. The monoisotopic (exact) mass is 310 g/mol. The zero-order valence-corrected chi connectivity index (χ0v) is 15.0. The van der Waals surface area contributed by atoms with E-state index in [1.165, 1.54) is 64.2 Å². The predicted molar refractivity (Wildman–Crippen MR) is 95.1 cm³/mol. The van der Waals surface area contributed by atoms with Crippen LogP contribution in [-0.4, -0.2) is 37.0 Å². The van der Waals surface area contributed by atoms with E-state index in [9.17, 15) is 4.79 Å². The standard InChI is InChI=1S/C19H38N2O/c1-3-5-7-8-9-10-12-14-21-17-18(15-19(21)22)16-20-13-11-6-4-2/h18,20H,3-17H2,1-2H3. The summed E-state index contributed by atoms with van der Waals surface area (Å²) in [6, 6.07) is 0. The van der Waals surface area contributed by atoms with Gasteiger partial charge >= 0.3 is 0 Å². The second-order valence-corrected chi connectivity index (χ2v) is 6.94. The zero-order valence-electron chi connectivity index (χ0n) is 15.0. The van der Waals surface area contributed by atoms with Gasteiger partial charge in [-0.1, -0.05) is 65.2 Å². The van der Waals surface area contributed by atoms with Crippen molar-refractivity contribution in [3.05, 3.63) is 0 Å². The van der Waals surface area contributed by atoms with Gasteiger partial charge in [0, 0.05) is 26.1 Å². The minimum atomic E-state index is 0.381. The second kappa shape index (κ2) is 12.9. The zero-order chi connectivity index (χ0) is 16.0. The van der Waals surface area contributed by atoms with Gasteiger partial charge < -0.3 is 10.2 Å². The third kappa shape index (κ3) is 8.77. The maximum Gasteiger partial charge on any atom is 0.222 e. The summed E-state index contributed by atoms with van der Waals surface area (Å²) in [6.07, 6.45) is 13.9. The van der Waals surface area contributed by atoms with E-state index in [-0.39, 0.29) is 0 Å². The first kappa shape index (κ1) is 19.5. The Morgan fingerprint density at radius 1 is 0.955 bits per heavy atom. The number of hydrogen-bond acceptors (Lipinski definition) is 2. The number of carbonyl (C=O) groups excluding carboxylic acids is 1. The van der Waals surface area contributed by atoms with Crippen LogP contribution in [0.1, 0.15) is 84.5 Å². The molecule has 22 heavy (non-hydrogen) atoms. The molecule has 1 unspecified atom stereocenters. The topological polar surface area (TPSA) is 32.3 Å². The molecule has 1 amide bonds. The van der Waals surface area contributed by atoms with Gasteiger partial charge in [0.2, 0.25) is 5.91 Å². The Balaban J connectivity index is 2.00. The van der Waals surface area contributed by atoms with Crippen LogP contribution in [0.15, 0.2) is 0 Å². The minimum absolute atomic E-state index is 0.381. The predicted octanol–water partition coefficient (Wildman–Crippen LogP) is 4.37. The minimum Gasteiger partial charge on any atom is -0.342 e. The molecule has 1 saturated heterocycles. The molecule has 0 aromatic rings. The number of amides is 1. The molecule has 0 aromatic carbocycles. The van der Waals surface area contributed by atoms with Gasteiger partial charge in [-0.25, -0.2) is 0 Å². The molecule has 1 atom stereocenters. The van der Waals surface area contributed by atoms with Crippen molar-refractivity contribution in [1.29, 1.82) is 0 Å². The fraction of sp³-hybridized carbons (Fsp3) is 0.947. The molecule has 1 heterocycles. The average molecular weight is 311 g/mol. The molecule has 0 bridgehead atoms. The smallest absolute Gasteiger partial charge is 0.222 e. The summed E-state index contributed by atoms with van der Waals surface area (Å²) in [5.41, 5.74) is 0. The lowest BCUT2D eigenvalue weighted by atomic mass is 10.1. The van der Waals surface area contributed by atoms with Gasteiger partial charge in [0.25, 0.3) is 0 Å². The molecule has 1 aliphatic rings. The van der Waals surface area contributed by atoms with Gasteiger partial charge in [0.1, 0.15) is 0 Å². The van der Waals surface area contributed by atoms with Crippen molar-refractivity contribution in [1.82, 2.24) is 10.2 Å². The van der Waals surface area contributed by atoms with Crippen LogP contribution < -0.4 is 5.32 Å². The number of rotatable bonds is 14. The lowest BCUT2D eigenvalue weighted by Crippen LogP contribution is -2.29. The molecule has 1 N–H and O–H groups in total. The van der Waals surface area contributed by atoms with Crippen LogP contribution in [0, 0.1) is 5.92 Å². The normalized spacial score (nSPS) is 18.4. The summed E-state index contributed by atoms with van der Waals surface area (Å²) in [4.78, 5) is 14.1. The highest BCUT2D eigenvalue weighted by Crippen LogP contribution is 2.18. The molecule has 0 aliphatic carbocycles. The highest BCUT2D eigenvalue weighted by Gasteiger charge is 2.28. The van der Waals surface area contributed by atoms with Crippen molar-refractivity contribution >= 4 is 5.91 Å². The maximum absolute atomic E-state index is 12.0. The van der Waals surface area contributed by atoms with Crippen LogP contribution in [-0.2, 0) is 4.79 Å². The number of likely N-dealkylation sites (tertiary alicyclic amines) is 1. The second-order valence-electron chi connectivity index (χ2n) is 6.94. The van der Waals surface area contributed by atoms with E-state index >= 15 is 0 Å². The SMILES string of the molecule is CCCCCCCCCN1CC(CNCCCCC)CC1=O.